The first-order chi connectivity index (χ1) is 16.1. The molecule has 0 atom stereocenters. The molecule has 0 aromatic heterocycles. The minimum absolute atomic E-state index is 0.0968. The molecule has 5 nitrogen and oxygen atoms in total. The van der Waals surface area contributed by atoms with Gasteiger partial charge in [0.15, 0.2) is 0 Å². The van der Waals surface area contributed by atoms with Crippen LogP contribution in [-0.2, 0) is 0 Å². The molecular formula is C28H29N3O2. The van der Waals surface area contributed by atoms with Gasteiger partial charge in [-0.15, -0.1) is 0 Å². The highest BCUT2D eigenvalue weighted by Crippen LogP contribution is 2.23. The van der Waals surface area contributed by atoms with Gasteiger partial charge >= 0.3 is 0 Å². The smallest absolute Gasteiger partial charge is 0.253 e. The average molecular weight is 440 g/mol. The topological polar surface area (TPSA) is 43.9 Å². The number of nitrogens with zero attached hydrogens (tertiary/aromatic N) is 3. The molecule has 2 heterocycles. The summed E-state index contributed by atoms with van der Waals surface area (Å²) in [6.45, 7) is 6.77. The Morgan fingerprint density at radius 2 is 1.15 bits per heavy atom. The summed E-state index contributed by atoms with van der Waals surface area (Å²) < 4.78 is 0. The molecule has 0 spiro atoms. The molecule has 2 saturated heterocycles. The van der Waals surface area contributed by atoms with E-state index in [0.717, 1.165) is 61.5 Å². The van der Waals surface area contributed by atoms with Crippen molar-refractivity contribution in [3.8, 4) is 11.1 Å². The van der Waals surface area contributed by atoms with Gasteiger partial charge in [-0.3, -0.25) is 14.5 Å². The molecule has 0 radical (unpaired) electrons. The summed E-state index contributed by atoms with van der Waals surface area (Å²) in [5, 5.41) is 0. The first-order valence-corrected chi connectivity index (χ1v) is 11.6. The number of carbonyl (C=O) groups is 2. The molecule has 2 aliphatic heterocycles. The Morgan fingerprint density at radius 1 is 0.636 bits per heavy atom. The van der Waals surface area contributed by atoms with Crippen molar-refractivity contribution in [3.05, 3.63) is 95.6 Å². The van der Waals surface area contributed by atoms with Crippen LogP contribution in [0.15, 0.2) is 78.9 Å². The molecular weight excluding hydrogens is 410 g/mol. The first-order valence-electron chi connectivity index (χ1n) is 11.6. The Hall–Kier alpha value is -3.44. The molecule has 3 aromatic carbocycles. The number of rotatable bonds is 4. The van der Waals surface area contributed by atoms with E-state index in [1.807, 2.05) is 64.4 Å². The monoisotopic (exact) mass is 439 g/mol. The minimum atomic E-state index is 0.0968. The largest absolute Gasteiger partial charge is 0.336 e. The third-order valence-electron chi connectivity index (χ3n) is 6.80. The fourth-order valence-electron chi connectivity index (χ4n) is 4.64. The maximum Gasteiger partial charge on any atom is 0.253 e. The normalized spacial score (nSPS) is 17.0. The van der Waals surface area contributed by atoms with Crippen molar-refractivity contribution in [3.63, 3.8) is 0 Å². The molecule has 168 valence electrons. The van der Waals surface area contributed by atoms with Gasteiger partial charge in [0.2, 0.25) is 0 Å². The van der Waals surface area contributed by atoms with Crippen LogP contribution in [0, 0.1) is 6.92 Å². The number of aryl methyl sites for hydroxylation is 1. The maximum atomic E-state index is 12.9. The third-order valence-corrected chi connectivity index (χ3v) is 6.80. The lowest BCUT2D eigenvalue weighted by atomic mass is 10.0. The van der Waals surface area contributed by atoms with E-state index in [1.165, 1.54) is 5.56 Å². The van der Waals surface area contributed by atoms with Gasteiger partial charge in [-0.25, -0.2) is 0 Å². The lowest BCUT2D eigenvalue weighted by Gasteiger charge is -2.48. The molecule has 2 amide bonds. The standard InChI is InChI=1S/C28H29N3O2/c1-21-7-9-22(10-8-21)23-11-13-25(14-12-23)28(33)31-19-26(20-31)29-15-17-30(18-16-29)27(32)24-5-3-2-4-6-24/h2-14,26H,15-20H2,1H3. The summed E-state index contributed by atoms with van der Waals surface area (Å²) in [6, 6.07) is 26.2. The van der Waals surface area contributed by atoms with Crippen LogP contribution in [0.25, 0.3) is 11.1 Å². The molecule has 5 rings (SSSR count). The van der Waals surface area contributed by atoms with Crippen LogP contribution in [-0.4, -0.2) is 71.8 Å². The molecule has 0 saturated carbocycles. The number of hydrogen-bond donors (Lipinski definition) is 0. The molecule has 2 aliphatic rings. The van der Waals surface area contributed by atoms with Crippen LogP contribution < -0.4 is 0 Å². The molecule has 33 heavy (non-hydrogen) atoms. The highest BCUT2D eigenvalue weighted by molar-refractivity contribution is 5.95. The second-order valence-electron chi connectivity index (χ2n) is 9.00. The first kappa shape index (κ1) is 21.4. The average Bonchev–Trinajstić information content (AvgIpc) is 2.84. The van der Waals surface area contributed by atoms with Crippen LogP contribution in [0.4, 0.5) is 0 Å². The summed E-state index contributed by atoms with van der Waals surface area (Å²) in [7, 11) is 0. The number of benzene rings is 3. The SMILES string of the molecule is Cc1ccc(-c2ccc(C(=O)N3CC(N4CCN(C(=O)c5ccccc5)CC4)C3)cc2)cc1. The van der Waals surface area contributed by atoms with Crippen molar-refractivity contribution in [1.82, 2.24) is 14.7 Å². The van der Waals surface area contributed by atoms with E-state index in [-0.39, 0.29) is 11.8 Å². The number of carbonyl (C=O) groups excluding carboxylic acids is 2. The molecule has 0 aliphatic carbocycles. The summed E-state index contributed by atoms with van der Waals surface area (Å²) in [4.78, 5) is 31.8. The fraction of sp³-hybridized carbons (Fsp3) is 0.286. The summed E-state index contributed by atoms with van der Waals surface area (Å²) in [5.41, 5.74) is 5.01. The molecule has 2 fully saturated rings. The molecule has 0 unspecified atom stereocenters. The zero-order valence-electron chi connectivity index (χ0n) is 19.0. The van der Waals surface area contributed by atoms with E-state index in [2.05, 4.69) is 36.1 Å². The van der Waals surface area contributed by atoms with Crippen LogP contribution in [0.5, 0.6) is 0 Å². The van der Waals surface area contributed by atoms with Crippen molar-refractivity contribution in [2.45, 2.75) is 13.0 Å². The molecule has 3 aromatic rings. The van der Waals surface area contributed by atoms with E-state index in [0.29, 0.717) is 6.04 Å². The van der Waals surface area contributed by atoms with Gasteiger partial charge in [-0.2, -0.15) is 0 Å². The predicted molar refractivity (Wildman–Crippen MR) is 130 cm³/mol. The van der Waals surface area contributed by atoms with E-state index < -0.39 is 0 Å². The van der Waals surface area contributed by atoms with E-state index in [9.17, 15) is 9.59 Å². The van der Waals surface area contributed by atoms with Crippen LogP contribution >= 0.6 is 0 Å². The lowest BCUT2D eigenvalue weighted by Crippen LogP contribution is -2.64. The Bertz CT molecular complexity index is 1110. The van der Waals surface area contributed by atoms with Crippen LogP contribution in [0.3, 0.4) is 0 Å². The fourth-order valence-corrected chi connectivity index (χ4v) is 4.64. The van der Waals surface area contributed by atoms with Gasteiger partial charge in [0.25, 0.3) is 11.8 Å². The second kappa shape index (κ2) is 9.20. The third kappa shape index (κ3) is 4.55. The minimum Gasteiger partial charge on any atom is -0.336 e. The summed E-state index contributed by atoms with van der Waals surface area (Å²) in [6.07, 6.45) is 0. The summed E-state index contributed by atoms with van der Waals surface area (Å²) in [5.74, 6) is 0.203. The molecule has 5 heteroatoms. The van der Waals surface area contributed by atoms with Crippen molar-refractivity contribution >= 4 is 11.8 Å². The Balaban J connectivity index is 1.12. The summed E-state index contributed by atoms with van der Waals surface area (Å²) >= 11 is 0. The number of piperazine rings is 1. The molecule has 0 bridgehead atoms. The van der Waals surface area contributed by atoms with E-state index in [4.69, 9.17) is 0 Å². The highest BCUT2D eigenvalue weighted by atomic mass is 16.2. The lowest BCUT2D eigenvalue weighted by molar-refractivity contribution is 0.00854. The Labute approximate surface area is 195 Å². The van der Waals surface area contributed by atoms with Gasteiger partial charge in [0, 0.05) is 56.4 Å². The van der Waals surface area contributed by atoms with Crippen LogP contribution in [0.1, 0.15) is 26.3 Å². The number of amides is 2. The Morgan fingerprint density at radius 3 is 1.76 bits per heavy atom. The van der Waals surface area contributed by atoms with Crippen molar-refractivity contribution in [2.24, 2.45) is 0 Å². The van der Waals surface area contributed by atoms with Crippen molar-refractivity contribution in [2.75, 3.05) is 39.3 Å². The van der Waals surface area contributed by atoms with Crippen LogP contribution in [0.2, 0.25) is 0 Å². The van der Waals surface area contributed by atoms with Gasteiger partial charge in [0.1, 0.15) is 0 Å². The quantitative estimate of drug-likeness (QED) is 0.618. The number of hydrogen-bond acceptors (Lipinski definition) is 3. The van der Waals surface area contributed by atoms with E-state index >= 15 is 0 Å². The maximum absolute atomic E-state index is 12.9. The van der Waals surface area contributed by atoms with E-state index in [1.54, 1.807) is 0 Å². The molecule has 0 N–H and O–H groups in total. The zero-order valence-corrected chi connectivity index (χ0v) is 19.0. The number of likely N-dealkylation sites (tertiary alicyclic amines) is 1. The Kier molecular flexibility index (Phi) is 5.97. The van der Waals surface area contributed by atoms with Gasteiger partial charge < -0.3 is 9.80 Å². The van der Waals surface area contributed by atoms with Gasteiger partial charge in [0.05, 0.1) is 0 Å². The zero-order chi connectivity index (χ0) is 22.8. The highest BCUT2D eigenvalue weighted by Gasteiger charge is 2.36. The second-order valence-corrected chi connectivity index (χ2v) is 9.00. The predicted octanol–water partition coefficient (Wildman–Crippen LogP) is 3.94. The van der Waals surface area contributed by atoms with Crippen molar-refractivity contribution in [1.29, 1.82) is 0 Å². The van der Waals surface area contributed by atoms with Gasteiger partial charge in [-0.05, 0) is 42.3 Å². The van der Waals surface area contributed by atoms with Gasteiger partial charge in [-0.1, -0.05) is 60.2 Å². The van der Waals surface area contributed by atoms with Crippen molar-refractivity contribution < 1.29 is 9.59 Å².